The van der Waals surface area contributed by atoms with Crippen molar-refractivity contribution in [3.63, 3.8) is 0 Å². The predicted molar refractivity (Wildman–Crippen MR) is 210 cm³/mol. The average molecular weight is 728 g/mol. The van der Waals surface area contributed by atoms with Gasteiger partial charge in [-0.05, 0) is 0 Å². The van der Waals surface area contributed by atoms with E-state index in [0.29, 0.717) is 10.8 Å². The fourth-order valence-corrected chi connectivity index (χ4v) is 10.9. The van der Waals surface area contributed by atoms with Crippen LogP contribution in [0.4, 0.5) is 13.2 Å². The van der Waals surface area contributed by atoms with Crippen molar-refractivity contribution < 1.29 is 13.2 Å². The second kappa shape index (κ2) is 11.4. The van der Waals surface area contributed by atoms with Crippen molar-refractivity contribution in [2.24, 2.45) is 0 Å². The maximum absolute atomic E-state index is 14.7. The summed E-state index contributed by atoms with van der Waals surface area (Å²) in [5.74, 6) is 0. The van der Waals surface area contributed by atoms with Gasteiger partial charge in [0, 0.05) is 0 Å². The molecule has 0 bridgehead atoms. The molecule has 0 saturated heterocycles. The first kappa shape index (κ1) is 30.2. The Balaban J connectivity index is 1.25. The van der Waals surface area contributed by atoms with E-state index in [1.807, 2.05) is 24.3 Å². The van der Waals surface area contributed by atoms with Crippen molar-refractivity contribution in [1.29, 1.82) is 0 Å². The maximum atomic E-state index is 14.7. The van der Waals surface area contributed by atoms with E-state index < -0.39 is 11.7 Å². The number of benzene rings is 9. The molecule has 1 aromatic heterocycles. The van der Waals surface area contributed by atoms with Crippen LogP contribution in [-0.2, 0) is 6.18 Å². The molecule has 0 N–H and O–H groups in total. The van der Waals surface area contributed by atoms with E-state index >= 15 is 0 Å². The summed E-state index contributed by atoms with van der Waals surface area (Å²) < 4.78 is 46.5. The van der Waals surface area contributed by atoms with Gasteiger partial charge in [0.2, 0.25) is 0 Å². The Bertz CT molecular complexity index is 2890. The van der Waals surface area contributed by atoms with Crippen molar-refractivity contribution in [3.05, 3.63) is 169 Å². The fourth-order valence-electron chi connectivity index (χ4n) is 8.23. The molecule has 242 valence electrons. The zero-order chi connectivity index (χ0) is 34.3. The van der Waals surface area contributed by atoms with Crippen LogP contribution in [0.3, 0.4) is 0 Å². The third-order valence-corrected chi connectivity index (χ3v) is 12.8. The van der Waals surface area contributed by atoms with Crippen molar-refractivity contribution in [2.45, 2.75) is 6.18 Å². The van der Waals surface area contributed by atoms with Crippen molar-refractivity contribution in [1.82, 2.24) is 0 Å². The molecule has 0 aliphatic rings. The Morgan fingerprint density at radius 3 is 1.33 bits per heavy atom. The zero-order valence-electron chi connectivity index (χ0n) is 27.1. The van der Waals surface area contributed by atoms with Crippen LogP contribution in [0.2, 0.25) is 0 Å². The number of rotatable bonds is 3. The third kappa shape index (κ3) is 4.61. The van der Waals surface area contributed by atoms with Gasteiger partial charge in [0.05, 0.1) is 0 Å². The van der Waals surface area contributed by atoms with E-state index in [1.54, 1.807) is 24.3 Å². The van der Waals surface area contributed by atoms with Crippen LogP contribution < -0.4 is 0 Å². The fraction of sp³-hybridized carbons (Fsp3) is 0.0213. The molecule has 10 rings (SSSR count). The first-order chi connectivity index (χ1) is 25.0. The van der Waals surface area contributed by atoms with Gasteiger partial charge >= 0.3 is 299 Å². The molecule has 0 atom stereocenters. The Hall–Kier alpha value is -5.67. The monoisotopic (exact) mass is 728 g/mol. The molecule has 0 aliphatic carbocycles. The predicted octanol–water partition coefficient (Wildman–Crippen LogP) is 13.7. The standard InChI is InChI=1S/C47H27F3Se/c48-47(49,50)45-37-21-10-8-19-35(37)44(36-20-9-11-22-38(36)45)40-24-12-23-39-30-26-25-29(27-41(30)51-46(39)40)43-33-17-6-4-15-31(33)42(28-13-2-1-3-14-28)32-16-5-7-18-34(32)43/h1-27H. The number of hydrogen-bond acceptors (Lipinski definition) is 0. The topological polar surface area (TPSA) is 0 Å². The summed E-state index contributed by atoms with van der Waals surface area (Å²) in [5.41, 5.74) is 6.13. The first-order valence-corrected chi connectivity index (χ1v) is 18.6. The quantitative estimate of drug-likeness (QED) is 0.126. The zero-order valence-corrected chi connectivity index (χ0v) is 28.8. The van der Waals surface area contributed by atoms with Crippen LogP contribution in [-0.4, -0.2) is 14.5 Å². The molecular weight excluding hydrogens is 700 g/mol. The molecular formula is C47H27F3Se. The van der Waals surface area contributed by atoms with Crippen molar-refractivity contribution in [3.8, 4) is 33.4 Å². The molecule has 51 heavy (non-hydrogen) atoms. The Kier molecular flexibility index (Phi) is 6.76. The van der Waals surface area contributed by atoms with E-state index in [2.05, 4.69) is 115 Å². The van der Waals surface area contributed by atoms with Crippen LogP contribution in [0.5, 0.6) is 0 Å². The van der Waals surface area contributed by atoms with E-state index in [-0.39, 0.29) is 25.3 Å². The minimum atomic E-state index is -4.49. The van der Waals surface area contributed by atoms with Crippen LogP contribution >= 0.6 is 0 Å². The van der Waals surface area contributed by atoms with Crippen LogP contribution in [0.25, 0.3) is 95.8 Å². The van der Waals surface area contributed by atoms with E-state index in [9.17, 15) is 13.2 Å². The molecule has 10 aromatic rings. The molecule has 1 heterocycles. The SMILES string of the molecule is FC(F)(F)c1c2ccccc2c(-c2cccc3c2[se]c2cc(-c4c5ccccc5c(-c5ccccc5)c5ccccc45)ccc23)c2ccccc12. The molecule has 0 saturated carbocycles. The van der Waals surface area contributed by atoms with E-state index in [1.165, 1.54) is 57.7 Å². The molecule has 0 spiro atoms. The number of fused-ring (bicyclic) bond motifs is 7. The molecule has 0 amide bonds. The van der Waals surface area contributed by atoms with Gasteiger partial charge in [-0.2, -0.15) is 0 Å². The van der Waals surface area contributed by atoms with Gasteiger partial charge < -0.3 is 0 Å². The van der Waals surface area contributed by atoms with Gasteiger partial charge in [0.15, 0.2) is 0 Å². The summed E-state index contributed by atoms with van der Waals surface area (Å²) in [7, 11) is 0. The van der Waals surface area contributed by atoms with Gasteiger partial charge in [-0.25, -0.2) is 0 Å². The first-order valence-electron chi connectivity index (χ1n) is 16.9. The summed E-state index contributed by atoms with van der Waals surface area (Å²) in [6.07, 6.45) is -4.49. The Morgan fingerprint density at radius 1 is 0.353 bits per heavy atom. The van der Waals surface area contributed by atoms with Gasteiger partial charge in [-0.3, -0.25) is 0 Å². The van der Waals surface area contributed by atoms with Crippen LogP contribution in [0, 0.1) is 0 Å². The second-order valence-corrected chi connectivity index (χ2v) is 15.2. The molecule has 0 aliphatic heterocycles. The Labute approximate surface area is 297 Å². The number of halogens is 3. The summed E-state index contributed by atoms with van der Waals surface area (Å²) in [4.78, 5) is 0. The Morgan fingerprint density at radius 2 is 0.804 bits per heavy atom. The summed E-state index contributed by atoms with van der Waals surface area (Å²) in [6.45, 7) is 0. The van der Waals surface area contributed by atoms with Crippen molar-refractivity contribution >= 4 is 76.9 Å². The van der Waals surface area contributed by atoms with Gasteiger partial charge in [0.25, 0.3) is 0 Å². The summed E-state index contributed by atoms with van der Waals surface area (Å²) in [6, 6.07) is 55.2. The minimum absolute atomic E-state index is 0.0717. The molecule has 0 nitrogen and oxygen atoms in total. The second-order valence-electron chi connectivity index (χ2n) is 13.0. The summed E-state index contributed by atoms with van der Waals surface area (Å²) in [5, 5.41) is 8.94. The van der Waals surface area contributed by atoms with Crippen LogP contribution in [0.15, 0.2) is 164 Å². The number of alkyl halides is 3. The van der Waals surface area contributed by atoms with E-state index in [0.717, 1.165) is 16.5 Å². The molecule has 4 heteroatoms. The molecule has 0 radical (unpaired) electrons. The van der Waals surface area contributed by atoms with Crippen LogP contribution in [0.1, 0.15) is 5.56 Å². The van der Waals surface area contributed by atoms with Gasteiger partial charge in [-0.1, -0.05) is 0 Å². The molecule has 0 unspecified atom stereocenters. The third-order valence-electron chi connectivity index (χ3n) is 10.3. The summed E-state index contributed by atoms with van der Waals surface area (Å²) >= 11 is -0.0717. The normalized spacial score (nSPS) is 12.2. The number of hydrogen-bond donors (Lipinski definition) is 0. The van der Waals surface area contributed by atoms with E-state index in [4.69, 9.17) is 0 Å². The van der Waals surface area contributed by atoms with Crippen molar-refractivity contribution in [2.75, 3.05) is 0 Å². The van der Waals surface area contributed by atoms with Gasteiger partial charge in [-0.15, -0.1) is 0 Å². The average Bonchev–Trinajstić information content (AvgIpc) is 3.54. The molecule has 9 aromatic carbocycles. The van der Waals surface area contributed by atoms with Gasteiger partial charge in [0.1, 0.15) is 0 Å². The molecule has 0 fully saturated rings.